The monoisotopic (exact) mass is 229 g/mol. The largest absolute Gasteiger partial charge is 0.482 e. The maximum atomic E-state index is 6.07. The highest BCUT2D eigenvalue weighted by Gasteiger charge is 2.49. The molecule has 2 heterocycles. The molecular formula is C11H11N5O. The molecule has 1 aliphatic heterocycles. The molecule has 6 heteroatoms. The first kappa shape index (κ1) is 8.98. The van der Waals surface area contributed by atoms with Crippen LogP contribution < -0.4 is 10.5 Å². The van der Waals surface area contributed by atoms with Gasteiger partial charge in [-0.1, -0.05) is 6.07 Å². The Morgan fingerprint density at radius 2 is 2.24 bits per heavy atom. The number of hydrogen-bond donors (Lipinski definition) is 1. The molecule has 86 valence electrons. The third kappa shape index (κ3) is 1.17. The quantitative estimate of drug-likeness (QED) is 0.677. The van der Waals surface area contributed by atoms with Gasteiger partial charge in [-0.05, 0) is 35.4 Å². The number of tetrazole rings is 1. The van der Waals surface area contributed by atoms with Crippen LogP contribution in [-0.4, -0.2) is 25.8 Å². The predicted octanol–water partition coefficient (Wildman–Crippen LogP) is 0.847. The van der Waals surface area contributed by atoms with Gasteiger partial charge in [0.15, 0.2) is 11.6 Å². The molecule has 0 saturated heterocycles. The van der Waals surface area contributed by atoms with Gasteiger partial charge < -0.3 is 10.5 Å². The van der Waals surface area contributed by atoms with Gasteiger partial charge in [-0.2, -0.15) is 0 Å². The lowest BCUT2D eigenvalue weighted by Crippen LogP contribution is -2.24. The summed E-state index contributed by atoms with van der Waals surface area (Å²) < 4.78 is 7.88. The number of nitrogen functional groups attached to an aromatic ring is 1. The van der Waals surface area contributed by atoms with Gasteiger partial charge in [-0.3, -0.25) is 0 Å². The van der Waals surface area contributed by atoms with Gasteiger partial charge in [-0.25, -0.2) is 4.68 Å². The highest BCUT2D eigenvalue weighted by Crippen LogP contribution is 2.48. The number of ether oxygens (including phenoxy) is 1. The van der Waals surface area contributed by atoms with E-state index < -0.39 is 0 Å². The number of benzene rings is 1. The normalized spacial score (nSPS) is 19.1. The van der Waals surface area contributed by atoms with Gasteiger partial charge in [0.1, 0.15) is 5.60 Å². The van der Waals surface area contributed by atoms with Crippen LogP contribution in [0, 0.1) is 0 Å². The fourth-order valence-corrected chi connectivity index (χ4v) is 2.27. The molecule has 0 atom stereocenters. The minimum atomic E-state index is -0.148. The average Bonchev–Trinajstić information content (AvgIpc) is 2.95. The van der Waals surface area contributed by atoms with Crippen molar-refractivity contribution in [2.24, 2.45) is 0 Å². The number of rotatable bonds is 0. The van der Waals surface area contributed by atoms with Gasteiger partial charge in [0.05, 0.1) is 17.8 Å². The zero-order chi connectivity index (χ0) is 11.5. The van der Waals surface area contributed by atoms with Crippen molar-refractivity contribution in [3.63, 3.8) is 0 Å². The number of anilines is 1. The van der Waals surface area contributed by atoms with Crippen LogP contribution in [0.5, 0.6) is 5.75 Å². The van der Waals surface area contributed by atoms with E-state index >= 15 is 0 Å². The summed E-state index contributed by atoms with van der Waals surface area (Å²) in [6, 6.07) is 5.67. The van der Waals surface area contributed by atoms with E-state index in [9.17, 15) is 0 Å². The first-order chi connectivity index (χ1) is 8.27. The molecule has 17 heavy (non-hydrogen) atoms. The van der Waals surface area contributed by atoms with Crippen molar-refractivity contribution in [2.75, 3.05) is 5.73 Å². The average molecular weight is 229 g/mol. The molecular weight excluding hydrogens is 218 g/mol. The van der Waals surface area contributed by atoms with Crippen LogP contribution in [0.2, 0.25) is 0 Å². The summed E-state index contributed by atoms with van der Waals surface area (Å²) in [5, 5.41) is 11.8. The molecule has 0 radical (unpaired) electrons. The summed E-state index contributed by atoms with van der Waals surface area (Å²) in [5.41, 5.74) is 7.35. The zero-order valence-corrected chi connectivity index (χ0v) is 9.13. The Bertz CT molecular complexity index is 602. The van der Waals surface area contributed by atoms with Crippen molar-refractivity contribution in [3.8, 4) is 17.1 Å². The van der Waals surface area contributed by atoms with Crippen LogP contribution in [0.3, 0.4) is 0 Å². The molecule has 2 aromatic rings. The van der Waals surface area contributed by atoms with Gasteiger partial charge in [-0.15, -0.1) is 5.10 Å². The second-order valence-electron chi connectivity index (χ2n) is 4.67. The van der Waals surface area contributed by atoms with Crippen LogP contribution >= 0.6 is 0 Å². The minimum Gasteiger partial charge on any atom is -0.482 e. The lowest BCUT2D eigenvalue weighted by Gasteiger charge is -2.16. The van der Waals surface area contributed by atoms with E-state index in [1.807, 2.05) is 18.2 Å². The maximum Gasteiger partial charge on any atom is 0.185 e. The molecule has 0 amide bonds. The first-order valence-electron chi connectivity index (χ1n) is 5.62. The third-order valence-electron chi connectivity index (χ3n) is 3.38. The predicted molar refractivity (Wildman–Crippen MR) is 60.3 cm³/mol. The van der Waals surface area contributed by atoms with Crippen molar-refractivity contribution >= 4 is 5.69 Å². The number of para-hydroxylation sites is 1. The van der Waals surface area contributed by atoms with E-state index in [4.69, 9.17) is 10.5 Å². The maximum absolute atomic E-state index is 6.07. The molecule has 1 aliphatic carbocycles. The number of fused-ring (bicyclic) bond motifs is 3. The number of hydrogen-bond acceptors (Lipinski definition) is 5. The fraction of sp³-hybridized carbons (Fsp3) is 0.364. The summed E-state index contributed by atoms with van der Waals surface area (Å²) in [7, 11) is 0. The summed E-state index contributed by atoms with van der Waals surface area (Å²) >= 11 is 0. The molecule has 1 saturated carbocycles. The van der Waals surface area contributed by atoms with Crippen molar-refractivity contribution in [3.05, 3.63) is 18.2 Å². The SMILES string of the molecule is Nc1cccc2c1OC1(CC1)Cn1nnnc1-2. The molecule has 1 aromatic carbocycles. The molecule has 1 aromatic heterocycles. The second-order valence-corrected chi connectivity index (χ2v) is 4.67. The summed E-state index contributed by atoms with van der Waals surface area (Å²) in [6.07, 6.45) is 2.06. The smallest absolute Gasteiger partial charge is 0.185 e. The summed E-state index contributed by atoms with van der Waals surface area (Å²) in [4.78, 5) is 0. The number of nitrogens with two attached hydrogens (primary N) is 1. The molecule has 2 N–H and O–H groups in total. The fourth-order valence-electron chi connectivity index (χ4n) is 2.27. The van der Waals surface area contributed by atoms with Crippen LogP contribution in [0.4, 0.5) is 5.69 Å². The van der Waals surface area contributed by atoms with Crippen LogP contribution in [0.25, 0.3) is 11.4 Å². The Kier molecular flexibility index (Phi) is 1.46. The number of aromatic nitrogens is 4. The van der Waals surface area contributed by atoms with Crippen molar-refractivity contribution in [1.82, 2.24) is 20.2 Å². The Balaban J connectivity index is 2.01. The zero-order valence-electron chi connectivity index (χ0n) is 9.13. The number of nitrogens with zero attached hydrogens (tertiary/aromatic N) is 4. The Morgan fingerprint density at radius 3 is 3.06 bits per heavy atom. The van der Waals surface area contributed by atoms with E-state index in [0.717, 1.165) is 30.0 Å². The summed E-state index contributed by atoms with van der Waals surface area (Å²) in [6.45, 7) is 0.698. The Hall–Kier alpha value is -2.11. The molecule has 4 rings (SSSR count). The summed E-state index contributed by atoms with van der Waals surface area (Å²) in [5.74, 6) is 1.45. The molecule has 6 nitrogen and oxygen atoms in total. The van der Waals surface area contributed by atoms with E-state index in [0.29, 0.717) is 12.2 Å². The third-order valence-corrected chi connectivity index (χ3v) is 3.38. The second kappa shape index (κ2) is 2.77. The lowest BCUT2D eigenvalue weighted by molar-refractivity contribution is 0.158. The van der Waals surface area contributed by atoms with E-state index in [1.54, 1.807) is 4.68 Å². The van der Waals surface area contributed by atoms with Gasteiger partial charge >= 0.3 is 0 Å². The first-order valence-corrected chi connectivity index (χ1v) is 5.62. The van der Waals surface area contributed by atoms with Crippen LogP contribution in [0.1, 0.15) is 12.8 Å². The Labute approximate surface area is 97.4 Å². The van der Waals surface area contributed by atoms with Crippen molar-refractivity contribution in [1.29, 1.82) is 0 Å². The van der Waals surface area contributed by atoms with E-state index in [-0.39, 0.29) is 5.60 Å². The van der Waals surface area contributed by atoms with Gasteiger partial charge in [0.2, 0.25) is 0 Å². The van der Waals surface area contributed by atoms with Crippen molar-refractivity contribution < 1.29 is 4.74 Å². The lowest BCUT2D eigenvalue weighted by atomic mass is 10.1. The molecule has 0 bridgehead atoms. The van der Waals surface area contributed by atoms with Crippen molar-refractivity contribution in [2.45, 2.75) is 25.0 Å². The standard InChI is InChI=1S/C11H11N5O/c12-8-3-1-2-7-9(8)17-11(4-5-11)6-16-10(7)13-14-15-16/h1-3H,4-6,12H2. The van der Waals surface area contributed by atoms with Gasteiger partial charge in [0, 0.05) is 0 Å². The molecule has 2 aliphatic rings. The Morgan fingerprint density at radius 1 is 1.35 bits per heavy atom. The molecule has 1 spiro atoms. The molecule has 1 fully saturated rings. The van der Waals surface area contributed by atoms with E-state index in [1.165, 1.54) is 0 Å². The highest BCUT2D eigenvalue weighted by molar-refractivity contribution is 5.73. The molecule has 0 unspecified atom stereocenters. The van der Waals surface area contributed by atoms with E-state index in [2.05, 4.69) is 15.5 Å². The van der Waals surface area contributed by atoms with Gasteiger partial charge in [0.25, 0.3) is 0 Å². The minimum absolute atomic E-state index is 0.148. The van der Waals surface area contributed by atoms with Crippen LogP contribution in [-0.2, 0) is 6.54 Å². The topological polar surface area (TPSA) is 78.9 Å². The highest BCUT2D eigenvalue weighted by atomic mass is 16.5. The van der Waals surface area contributed by atoms with Crippen LogP contribution in [0.15, 0.2) is 18.2 Å².